The number of aromatic carboxylic acids is 1. The number of hydrogen-bond acceptors (Lipinski definition) is 7. The van der Waals surface area contributed by atoms with Gasteiger partial charge in [0.25, 0.3) is 0 Å². The fourth-order valence-electron chi connectivity index (χ4n) is 3.41. The van der Waals surface area contributed by atoms with E-state index in [0.717, 1.165) is 18.2 Å². The van der Waals surface area contributed by atoms with Gasteiger partial charge in [-0.05, 0) is 42.0 Å². The number of carboxylic acids is 1. The first-order valence-corrected chi connectivity index (χ1v) is 11.2. The van der Waals surface area contributed by atoms with Crippen LogP contribution < -0.4 is 10.6 Å². The average molecular weight is 540 g/mol. The molecule has 0 aliphatic heterocycles. The highest BCUT2D eigenvalue weighted by Crippen LogP contribution is 2.41. The van der Waals surface area contributed by atoms with Crippen LogP contribution >= 0.6 is 0 Å². The molecular formula is C27H23F3N4O5. The second-order valence-electron chi connectivity index (χ2n) is 7.82. The van der Waals surface area contributed by atoms with Crippen LogP contribution in [0, 0.1) is 16.7 Å². The second kappa shape index (κ2) is 12.9. The molecule has 9 nitrogen and oxygen atoms in total. The summed E-state index contributed by atoms with van der Waals surface area (Å²) in [4.78, 5) is 33.3. The minimum absolute atomic E-state index is 0.0343. The second-order valence-corrected chi connectivity index (χ2v) is 7.82. The van der Waals surface area contributed by atoms with Gasteiger partial charge in [0.05, 0.1) is 22.8 Å². The van der Waals surface area contributed by atoms with Gasteiger partial charge < -0.3 is 20.8 Å². The number of phenols is 1. The van der Waals surface area contributed by atoms with Crippen molar-refractivity contribution in [3.05, 3.63) is 76.9 Å². The number of rotatable bonds is 7. The fourth-order valence-corrected chi connectivity index (χ4v) is 3.41. The van der Waals surface area contributed by atoms with Crippen LogP contribution in [0.25, 0.3) is 11.1 Å². The zero-order valence-corrected chi connectivity index (χ0v) is 20.7. The smallest absolute Gasteiger partial charge is 0.417 e. The Morgan fingerprint density at radius 3 is 2.26 bits per heavy atom. The molecule has 0 unspecified atom stereocenters. The number of aldehydes is 1. The van der Waals surface area contributed by atoms with Gasteiger partial charge in [-0.2, -0.15) is 18.4 Å². The highest BCUT2D eigenvalue weighted by Gasteiger charge is 2.34. The minimum Gasteiger partial charge on any atom is -0.507 e. The molecule has 1 amide bonds. The minimum atomic E-state index is -4.65. The predicted octanol–water partition coefficient (Wildman–Crippen LogP) is 5.29. The van der Waals surface area contributed by atoms with Gasteiger partial charge in [-0.15, -0.1) is 0 Å². The highest BCUT2D eigenvalue weighted by atomic mass is 19.4. The van der Waals surface area contributed by atoms with Gasteiger partial charge in [0, 0.05) is 36.0 Å². The highest BCUT2D eigenvalue weighted by molar-refractivity contribution is 6.35. The lowest BCUT2D eigenvalue weighted by molar-refractivity contribution is -0.137. The molecule has 0 atom stereocenters. The Hall–Kier alpha value is -5.18. The summed E-state index contributed by atoms with van der Waals surface area (Å²) in [5, 5.41) is 40.1. The number of alkyl halides is 3. The topological polar surface area (TPSA) is 163 Å². The van der Waals surface area contributed by atoms with Crippen LogP contribution in [-0.2, 0) is 15.8 Å². The van der Waals surface area contributed by atoms with Crippen LogP contribution in [0.5, 0.6) is 5.75 Å². The van der Waals surface area contributed by atoms with Gasteiger partial charge in [0.15, 0.2) is 6.29 Å². The Kier molecular flexibility index (Phi) is 9.91. The van der Waals surface area contributed by atoms with E-state index in [1.165, 1.54) is 24.3 Å². The maximum Gasteiger partial charge on any atom is 0.417 e. The van der Waals surface area contributed by atoms with Gasteiger partial charge in [-0.1, -0.05) is 25.1 Å². The lowest BCUT2D eigenvalue weighted by Gasteiger charge is -2.18. The molecule has 0 aliphatic rings. The van der Waals surface area contributed by atoms with Crippen molar-refractivity contribution < 1.29 is 37.8 Å². The maximum absolute atomic E-state index is 13.3. The number of hydrogen-bond donors (Lipinski definition) is 5. The number of nitrogens with one attached hydrogen (secondary N) is 3. The average Bonchev–Trinajstić information content (AvgIpc) is 2.92. The van der Waals surface area contributed by atoms with E-state index < -0.39 is 35.1 Å². The number of benzene rings is 3. The molecule has 0 heterocycles. The molecule has 0 bridgehead atoms. The van der Waals surface area contributed by atoms with E-state index in [4.69, 9.17) is 15.8 Å². The summed E-state index contributed by atoms with van der Waals surface area (Å²) in [5.41, 5.74) is -1.09. The Balaban J connectivity index is 0.000000344. The lowest BCUT2D eigenvalue weighted by atomic mass is 9.95. The Labute approximate surface area is 221 Å². The molecule has 0 saturated heterocycles. The van der Waals surface area contributed by atoms with E-state index in [2.05, 4.69) is 10.6 Å². The number of anilines is 2. The summed E-state index contributed by atoms with van der Waals surface area (Å²) < 4.78 is 40.0. The van der Waals surface area contributed by atoms with Crippen molar-refractivity contribution in [3.63, 3.8) is 0 Å². The Bertz CT molecular complexity index is 1460. The molecule has 3 aromatic rings. The van der Waals surface area contributed by atoms with Crippen molar-refractivity contribution in [2.75, 3.05) is 17.7 Å². The van der Waals surface area contributed by atoms with Crippen molar-refractivity contribution in [3.8, 4) is 22.9 Å². The zero-order chi connectivity index (χ0) is 29.3. The SMILES string of the molecule is CCC(=O)Nc1cc(C(=N)C=O)c(O)cc1-c1ccccc1C(F)(F)F.CNc1ccc(C#N)cc1C(=O)O. The summed E-state index contributed by atoms with van der Waals surface area (Å²) in [6.45, 7) is 1.56. The fraction of sp³-hybridized carbons (Fsp3) is 0.148. The normalized spacial score (nSPS) is 10.4. The molecular weight excluding hydrogens is 517 g/mol. The summed E-state index contributed by atoms with van der Waals surface area (Å²) in [7, 11) is 1.63. The van der Waals surface area contributed by atoms with Crippen LogP contribution in [0.3, 0.4) is 0 Å². The third-order valence-electron chi connectivity index (χ3n) is 5.31. The molecule has 0 aromatic heterocycles. The van der Waals surface area contributed by atoms with Crippen molar-refractivity contribution >= 4 is 35.2 Å². The molecule has 0 aliphatic carbocycles. The summed E-state index contributed by atoms with van der Waals surface area (Å²) >= 11 is 0. The number of halogens is 3. The molecule has 3 aromatic carbocycles. The summed E-state index contributed by atoms with van der Waals surface area (Å²) in [6, 6.07) is 13.2. The molecule has 39 heavy (non-hydrogen) atoms. The standard InChI is InChI=1S/C18H15F3N2O3.C9H8N2O2/c1-2-17(26)23-15-7-12(14(22)9-24)16(25)8-11(15)10-5-3-4-6-13(10)18(19,20)21;1-11-8-3-2-6(5-10)4-7(8)9(12)13/h3-9,22,25H,2H2,1H3,(H,23,26);2-4,11H,1H3,(H,12,13). The van der Waals surface area contributed by atoms with E-state index in [1.54, 1.807) is 26.1 Å². The van der Waals surface area contributed by atoms with Crippen LogP contribution in [0.15, 0.2) is 54.6 Å². The number of nitriles is 1. The number of aromatic hydroxyl groups is 1. The molecule has 202 valence electrons. The number of carbonyl (C=O) groups is 3. The molecule has 5 N–H and O–H groups in total. The molecule has 3 rings (SSSR count). The lowest BCUT2D eigenvalue weighted by Crippen LogP contribution is -2.13. The number of carboxylic acid groups (broad SMARTS) is 1. The third-order valence-corrected chi connectivity index (χ3v) is 5.31. The van der Waals surface area contributed by atoms with Crippen LogP contribution in [-0.4, -0.2) is 41.1 Å². The summed E-state index contributed by atoms with van der Waals surface area (Å²) in [5.74, 6) is -2.05. The monoisotopic (exact) mass is 540 g/mol. The molecule has 12 heteroatoms. The largest absolute Gasteiger partial charge is 0.507 e. The molecule has 0 spiro atoms. The Morgan fingerprint density at radius 1 is 1.05 bits per heavy atom. The quantitative estimate of drug-likeness (QED) is 0.154. The van der Waals surface area contributed by atoms with Crippen LogP contribution in [0.4, 0.5) is 24.5 Å². The Morgan fingerprint density at radius 2 is 1.72 bits per heavy atom. The van der Waals surface area contributed by atoms with Gasteiger partial charge in [0.2, 0.25) is 5.91 Å². The predicted molar refractivity (Wildman–Crippen MR) is 138 cm³/mol. The van der Waals surface area contributed by atoms with Gasteiger partial charge in [-0.3, -0.25) is 15.0 Å². The number of carbonyl (C=O) groups excluding carboxylic acids is 2. The van der Waals surface area contributed by atoms with Crippen molar-refractivity contribution in [1.82, 2.24) is 0 Å². The first-order chi connectivity index (χ1) is 18.4. The van der Waals surface area contributed by atoms with E-state index >= 15 is 0 Å². The van der Waals surface area contributed by atoms with Gasteiger partial charge in [-0.25, -0.2) is 4.79 Å². The number of amides is 1. The molecule has 0 fully saturated rings. The van der Waals surface area contributed by atoms with E-state index in [9.17, 15) is 32.7 Å². The van der Waals surface area contributed by atoms with E-state index in [-0.39, 0.29) is 40.6 Å². The number of nitrogens with zero attached hydrogens (tertiary/aromatic N) is 1. The summed E-state index contributed by atoms with van der Waals surface area (Å²) in [6.07, 6.45) is -4.39. The first kappa shape index (κ1) is 30.0. The van der Waals surface area contributed by atoms with Crippen molar-refractivity contribution in [1.29, 1.82) is 10.7 Å². The molecule has 0 saturated carbocycles. The van der Waals surface area contributed by atoms with E-state index in [0.29, 0.717) is 11.3 Å². The van der Waals surface area contributed by atoms with Gasteiger partial charge in [0.1, 0.15) is 11.5 Å². The van der Waals surface area contributed by atoms with Crippen LogP contribution in [0.1, 0.15) is 40.4 Å². The van der Waals surface area contributed by atoms with Gasteiger partial charge >= 0.3 is 12.1 Å². The van der Waals surface area contributed by atoms with Crippen molar-refractivity contribution in [2.45, 2.75) is 19.5 Å². The maximum atomic E-state index is 13.3. The van der Waals surface area contributed by atoms with E-state index in [1.807, 2.05) is 6.07 Å². The van der Waals surface area contributed by atoms with Crippen molar-refractivity contribution in [2.24, 2.45) is 0 Å². The number of phenolic OH excluding ortho intramolecular Hbond substituents is 1. The zero-order valence-electron chi connectivity index (χ0n) is 20.7. The third kappa shape index (κ3) is 7.42. The first-order valence-electron chi connectivity index (χ1n) is 11.2. The van der Waals surface area contributed by atoms with Crippen LogP contribution in [0.2, 0.25) is 0 Å². The molecule has 0 radical (unpaired) electrons.